The van der Waals surface area contributed by atoms with Crippen LogP contribution >= 0.6 is 0 Å². The van der Waals surface area contributed by atoms with E-state index in [-0.39, 0.29) is 5.91 Å². The summed E-state index contributed by atoms with van der Waals surface area (Å²) in [6.07, 6.45) is 2.66. The number of nitrogens with one attached hydrogen (secondary N) is 2. The summed E-state index contributed by atoms with van der Waals surface area (Å²) in [6, 6.07) is 20.4. The molecule has 0 aliphatic heterocycles. The Bertz CT molecular complexity index is 876. The maximum absolute atomic E-state index is 12.4. The fourth-order valence-electron chi connectivity index (χ4n) is 2.56. The van der Waals surface area contributed by atoms with Crippen molar-refractivity contribution in [1.29, 1.82) is 0 Å². The average molecular weight is 375 g/mol. The third-order valence-corrected chi connectivity index (χ3v) is 4.14. The molecule has 1 heterocycles. The molecule has 28 heavy (non-hydrogen) atoms. The van der Waals surface area contributed by atoms with Gasteiger partial charge in [-0.2, -0.15) is 0 Å². The van der Waals surface area contributed by atoms with Gasteiger partial charge in [0.15, 0.2) is 0 Å². The van der Waals surface area contributed by atoms with Gasteiger partial charge >= 0.3 is 0 Å². The Morgan fingerprint density at radius 2 is 1.68 bits per heavy atom. The minimum Gasteiger partial charge on any atom is -0.457 e. The van der Waals surface area contributed by atoms with Crippen LogP contribution in [0.3, 0.4) is 0 Å². The Balaban J connectivity index is 1.54. The fraction of sp³-hybridized carbons (Fsp3) is 0.217. The fourth-order valence-corrected chi connectivity index (χ4v) is 2.56. The molecule has 0 aliphatic carbocycles. The highest BCUT2D eigenvalue weighted by Gasteiger charge is 2.07. The van der Waals surface area contributed by atoms with Gasteiger partial charge in [-0.05, 0) is 60.9 Å². The number of carbonyl (C=O) groups is 1. The number of benzene rings is 2. The molecule has 5 heteroatoms. The molecule has 0 saturated heterocycles. The monoisotopic (exact) mass is 375 g/mol. The summed E-state index contributed by atoms with van der Waals surface area (Å²) in [4.78, 5) is 16.7. The minimum atomic E-state index is -0.196. The molecule has 3 aromatic rings. The minimum absolute atomic E-state index is 0.196. The van der Waals surface area contributed by atoms with Crippen LogP contribution in [0.2, 0.25) is 0 Å². The molecule has 0 spiro atoms. The Morgan fingerprint density at radius 1 is 0.964 bits per heavy atom. The van der Waals surface area contributed by atoms with E-state index in [4.69, 9.17) is 4.74 Å². The van der Waals surface area contributed by atoms with Gasteiger partial charge in [-0.15, -0.1) is 0 Å². The average Bonchev–Trinajstić information content (AvgIpc) is 2.70. The molecule has 1 amide bonds. The summed E-state index contributed by atoms with van der Waals surface area (Å²) in [5.41, 5.74) is 1.21. The molecule has 0 unspecified atom stereocenters. The second kappa shape index (κ2) is 9.55. The smallest absolute Gasteiger partial charge is 0.257 e. The topological polar surface area (TPSA) is 63.2 Å². The van der Waals surface area contributed by atoms with Crippen molar-refractivity contribution >= 4 is 17.4 Å². The molecule has 3 rings (SSSR count). The Labute approximate surface area is 165 Å². The molecule has 0 aliphatic rings. The molecule has 0 fully saturated rings. The lowest BCUT2D eigenvalue weighted by Gasteiger charge is -2.09. The number of anilines is 2. The lowest BCUT2D eigenvalue weighted by atomic mass is 10.1. The van der Waals surface area contributed by atoms with Crippen LogP contribution in [0.1, 0.15) is 30.6 Å². The molecule has 2 aromatic carbocycles. The van der Waals surface area contributed by atoms with E-state index in [0.717, 1.165) is 24.5 Å². The normalized spacial score (nSPS) is 10.5. The van der Waals surface area contributed by atoms with Crippen molar-refractivity contribution in [2.45, 2.75) is 20.3 Å². The third kappa shape index (κ3) is 5.84. The van der Waals surface area contributed by atoms with Crippen LogP contribution in [0, 0.1) is 5.92 Å². The molecule has 1 aromatic heterocycles. The van der Waals surface area contributed by atoms with Crippen molar-refractivity contribution in [3.63, 3.8) is 0 Å². The first-order valence-corrected chi connectivity index (χ1v) is 9.44. The molecule has 5 nitrogen and oxygen atoms in total. The number of hydrogen-bond donors (Lipinski definition) is 2. The second-order valence-electron chi connectivity index (χ2n) is 6.94. The van der Waals surface area contributed by atoms with E-state index >= 15 is 0 Å². The van der Waals surface area contributed by atoms with Crippen LogP contribution < -0.4 is 15.4 Å². The van der Waals surface area contributed by atoms with Gasteiger partial charge in [0, 0.05) is 18.4 Å². The number of hydrogen-bond acceptors (Lipinski definition) is 4. The van der Waals surface area contributed by atoms with Crippen LogP contribution in [-0.2, 0) is 0 Å². The van der Waals surface area contributed by atoms with Crippen LogP contribution in [0.5, 0.6) is 11.5 Å². The first-order chi connectivity index (χ1) is 13.6. The molecule has 144 valence electrons. The molecule has 0 radical (unpaired) electrons. The highest BCUT2D eigenvalue weighted by Crippen LogP contribution is 2.22. The summed E-state index contributed by atoms with van der Waals surface area (Å²) in [5.74, 6) is 2.70. The number of para-hydroxylation sites is 1. The number of rotatable bonds is 8. The predicted octanol–water partition coefficient (Wildman–Crippen LogP) is 5.58. The first kappa shape index (κ1) is 19.4. The van der Waals surface area contributed by atoms with Gasteiger partial charge in [0.1, 0.15) is 17.3 Å². The summed E-state index contributed by atoms with van der Waals surface area (Å²) >= 11 is 0. The van der Waals surface area contributed by atoms with E-state index in [9.17, 15) is 4.79 Å². The molecular weight excluding hydrogens is 350 g/mol. The first-order valence-electron chi connectivity index (χ1n) is 9.44. The van der Waals surface area contributed by atoms with Crippen LogP contribution in [0.4, 0.5) is 11.5 Å². The summed E-state index contributed by atoms with van der Waals surface area (Å²) < 4.78 is 5.75. The van der Waals surface area contributed by atoms with Crippen molar-refractivity contribution < 1.29 is 9.53 Å². The number of nitrogens with zero attached hydrogens (tertiary/aromatic N) is 1. The van der Waals surface area contributed by atoms with Gasteiger partial charge in [-0.3, -0.25) is 4.79 Å². The molecule has 0 saturated carbocycles. The molecule has 0 bridgehead atoms. The van der Waals surface area contributed by atoms with Gasteiger partial charge in [0.25, 0.3) is 5.91 Å². The number of carbonyl (C=O) groups excluding carboxylic acids is 1. The highest BCUT2D eigenvalue weighted by atomic mass is 16.5. The van der Waals surface area contributed by atoms with Crippen molar-refractivity contribution in [1.82, 2.24) is 4.98 Å². The number of amides is 1. The van der Waals surface area contributed by atoms with E-state index in [2.05, 4.69) is 29.5 Å². The Kier molecular flexibility index (Phi) is 6.63. The molecular formula is C23H25N3O2. The highest BCUT2D eigenvalue weighted by molar-refractivity contribution is 6.04. The van der Waals surface area contributed by atoms with Crippen LogP contribution in [0.25, 0.3) is 0 Å². The van der Waals surface area contributed by atoms with Crippen molar-refractivity contribution in [2.75, 3.05) is 17.2 Å². The summed E-state index contributed by atoms with van der Waals surface area (Å²) in [6.45, 7) is 5.24. The Morgan fingerprint density at radius 3 is 2.32 bits per heavy atom. The summed E-state index contributed by atoms with van der Waals surface area (Å²) in [7, 11) is 0. The lowest BCUT2D eigenvalue weighted by molar-refractivity contribution is 0.102. The van der Waals surface area contributed by atoms with E-state index in [1.807, 2.05) is 60.7 Å². The number of ether oxygens (including phenoxy) is 1. The standard InChI is InChI=1S/C23H25N3O2/c1-17(2)14-15-24-22-13-8-18(16-25-22)23(27)26-19-9-11-21(12-10-19)28-20-6-4-3-5-7-20/h3-13,16-17H,14-15H2,1-2H3,(H,24,25)(H,26,27). The van der Waals surface area contributed by atoms with E-state index in [1.54, 1.807) is 12.3 Å². The maximum atomic E-state index is 12.4. The van der Waals surface area contributed by atoms with Gasteiger partial charge in [0.2, 0.25) is 0 Å². The molecule has 0 atom stereocenters. The third-order valence-electron chi connectivity index (χ3n) is 4.14. The van der Waals surface area contributed by atoms with Gasteiger partial charge in [0.05, 0.1) is 5.56 Å². The lowest BCUT2D eigenvalue weighted by Crippen LogP contribution is -2.13. The van der Waals surface area contributed by atoms with Crippen molar-refractivity contribution in [3.8, 4) is 11.5 Å². The summed E-state index contributed by atoms with van der Waals surface area (Å²) in [5, 5.41) is 6.13. The van der Waals surface area contributed by atoms with E-state index < -0.39 is 0 Å². The zero-order valence-electron chi connectivity index (χ0n) is 16.2. The zero-order valence-corrected chi connectivity index (χ0v) is 16.2. The van der Waals surface area contributed by atoms with Gasteiger partial charge in [-0.25, -0.2) is 4.98 Å². The Hall–Kier alpha value is -3.34. The van der Waals surface area contributed by atoms with Crippen molar-refractivity contribution in [3.05, 3.63) is 78.5 Å². The van der Waals surface area contributed by atoms with Crippen LogP contribution in [-0.4, -0.2) is 17.4 Å². The predicted molar refractivity (Wildman–Crippen MR) is 113 cm³/mol. The SMILES string of the molecule is CC(C)CCNc1ccc(C(=O)Nc2ccc(Oc3ccccc3)cc2)cn1. The largest absolute Gasteiger partial charge is 0.457 e. The van der Waals surface area contributed by atoms with Gasteiger partial charge < -0.3 is 15.4 Å². The van der Waals surface area contributed by atoms with Crippen LogP contribution in [0.15, 0.2) is 72.9 Å². The zero-order chi connectivity index (χ0) is 19.8. The van der Waals surface area contributed by atoms with Crippen molar-refractivity contribution in [2.24, 2.45) is 5.92 Å². The second-order valence-corrected chi connectivity index (χ2v) is 6.94. The quantitative estimate of drug-likeness (QED) is 0.539. The van der Waals surface area contributed by atoms with E-state index in [1.165, 1.54) is 0 Å². The molecule has 2 N–H and O–H groups in total. The van der Waals surface area contributed by atoms with E-state index in [0.29, 0.717) is 22.9 Å². The number of pyridine rings is 1. The number of aromatic nitrogens is 1. The maximum Gasteiger partial charge on any atom is 0.257 e. The van der Waals surface area contributed by atoms with Gasteiger partial charge in [-0.1, -0.05) is 32.0 Å².